The first-order valence-corrected chi connectivity index (χ1v) is 6.55. The Balaban J connectivity index is 2.59. The first-order chi connectivity index (χ1) is 8.50. The van der Waals surface area contributed by atoms with Gasteiger partial charge in [0.2, 0.25) is 0 Å². The molecular formula is C13H15BrN4. The SMILES string of the molecule is Cc1nc(-c2ncccc2Br)nc(N)c1C(C)C. The molecule has 0 amide bonds. The summed E-state index contributed by atoms with van der Waals surface area (Å²) < 4.78 is 0.862. The van der Waals surface area contributed by atoms with Crippen molar-refractivity contribution in [3.05, 3.63) is 34.1 Å². The summed E-state index contributed by atoms with van der Waals surface area (Å²) in [4.78, 5) is 13.1. The van der Waals surface area contributed by atoms with Gasteiger partial charge in [0.1, 0.15) is 11.5 Å². The topological polar surface area (TPSA) is 64.7 Å². The van der Waals surface area contributed by atoms with Crippen LogP contribution in [-0.2, 0) is 0 Å². The third kappa shape index (κ3) is 2.36. The molecule has 0 saturated heterocycles. The zero-order chi connectivity index (χ0) is 13.3. The van der Waals surface area contributed by atoms with E-state index in [0.717, 1.165) is 15.7 Å². The maximum absolute atomic E-state index is 6.02. The van der Waals surface area contributed by atoms with Gasteiger partial charge in [-0.15, -0.1) is 0 Å². The summed E-state index contributed by atoms with van der Waals surface area (Å²) in [5.41, 5.74) is 8.64. The molecule has 4 nitrogen and oxygen atoms in total. The lowest BCUT2D eigenvalue weighted by atomic mass is 10.0. The summed E-state index contributed by atoms with van der Waals surface area (Å²) in [5, 5.41) is 0. The molecule has 2 rings (SSSR count). The van der Waals surface area contributed by atoms with Crippen molar-refractivity contribution in [1.82, 2.24) is 15.0 Å². The maximum atomic E-state index is 6.02. The van der Waals surface area contributed by atoms with Gasteiger partial charge in [-0.25, -0.2) is 9.97 Å². The molecule has 0 bridgehead atoms. The van der Waals surface area contributed by atoms with E-state index in [4.69, 9.17) is 5.73 Å². The molecule has 0 aliphatic heterocycles. The Kier molecular flexibility index (Phi) is 3.61. The minimum absolute atomic E-state index is 0.311. The van der Waals surface area contributed by atoms with Crippen LogP contribution in [0.4, 0.5) is 5.82 Å². The van der Waals surface area contributed by atoms with Gasteiger partial charge >= 0.3 is 0 Å². The van der Waals surface area contributed by atoms with E-state index in [1.165, 1.54) is 0 Å². The summed E-state index contributed by atoms with van der Waals surface area (Å²) in [6.45, 7) is 6.12. The van der Waals surface area contributed by atoms with Gasteiger partial charge in [0.15, 0.2) is 5.82 Å². The Hall–Kier alpha value is -1.49. The number of pyridine rings is 1. The van der Waals surface area contributed by atoms with Crippen LogP contribution < -0.4 is 5.73 Å². The molecule has 0 saturated carbocycles. The number of nitrogens with zero attached hydrogens (tertiary/aromatic N) is 3. The predicted molar refractivity (Wildman–Crippen MR) is 76.2 cm³/mol. The van der Waals surface area contributed by atoms with Gasteiger partial charge in [-0.05, 0) is 40.9 Å². The largest absolute Gasteiger partial charge is 0.383 e. The average molecular weight is 307 g/mol. The van der Waals surface area contributed by atoms with E-state index in [1.807, 2.05) is 19.1 Å². The second-order valence-corrected chi connectivity index (χ2v) is 5.27. The molecule has 2 N–H and O–H groups in total. The highest BCUT2D eigenvalue weighted by molar-refractivity contribution is 9.10. The van der Waals surface area contributed by atoms with Crippen molar-refractivity contribution in [1.29, 1.82) is 0 Å². The van der Waals surface area contributed by atoms with E-state index in [1.54, 1.807) is 6.20 Å². The minimum atomic E-state index is 0.311. The lowest BCUT2D eigenvalue weighted by Gasteiger charge is -2.13. The zero-order valence-electron chi connectivity index (χ0n) is 10.6. The second kappa shape index (κ2) is 5.02. The van der Waals surface area contributed by atoms with Crippen molar-refractivity contribution in [3.8, 4) is 11.5 Å². The van der Waals surface area contributed by atoms with Crippen molar-refractivity contribution in [3.63, 3.8) is 0 Å². The van der Waals surface area contributed by atoms with Gasteiger partial charge in [-0.1, -0.05) is 13.8 Å². The quantitative estimate of drug-likeness (QED) is 0.924. The highest BCUT2D eigenvalue weighted by atomic mass is 79.9. The highest BCUT2D eigenvalue weighted by Crippen LogP contribution is 2.28. The number of aromatic nitrogens is 3. The van der Waals surface area contributed by atoms with Gasteiger partial charge in [0.25, 0.3) is 0 Å². The molecule has 0 aliphatic rings. The molecule has 0 aromatic carbocycles. The van der Waals surface area contributed by atoms with E-state index in [0.29, 0.717) is 23.3 Å². The first-order valence-electron chi connectivity index (χ1n) is 5.75. The summed E-state index contributed by atoms with van der Waals surface area (Å²) in [6, 6.07) is 3.76. The molecule has 94 valence electrons. The number of anilines is 1. The first kappa shape index (κ1) is 13.0. The molecule has 2 heterocycles. The number of aryl methyl sites for hydroxylation is 1. The third-order valence-corrected chi connectivity index (χ3v) is 3.35. The van der Waals surface area contributed by atoms with Crippen LogP contribution in [0, 0.1) is 6.92 Å². The molecule has 2 aromatic heterocycles. The molecular weight excluding hydrogens is 292 g/mol. The van der Waals surface area contributed by atoms with Gasteiger partial charge in [-0.3, -0.25) is 4.98 Å². The van der Waals surface area contributed by atoms with Gasteiger partial charge < -0.3 is 5.73 Å². The van der Waals surface area contributed by atoms with Crippen LogP contribution >= 0.6 is 15.9 Å². The molecule has 5 heteroatoms. The number of hydrogen-bond donors (Lipinski definition) is 1. The Bertz CT molecular complexity index is 558. The molecule has 0 spiro atoms. The predicted octanol–water partition coefficient (Wildman–Crippen LogP) is 3.32. The van der Waals surface area contributed by atoms with Crippen LogP contribution in [-0.4, -0.2) is 15.0 Å². The van der Waals surface area contributed by atoms with Crippen molar-refractivity contribution >= 4 is 21.7 Å². The molecule has 0 radical (unpaired) electrons. The molecule has 18 heavy (non-hydrogen) atoms. The number of hydrogen-bond acceptors (Lipinski definition) is 4. The van der Waals surface area contributed by atoms with Crippen LogP contribution in [0.15, 0.2) is 22.8 Å². The fourth-order valence-corrected chi connectivity index (χ4v) is 2.41. The minimum Gasteiger partial charge on any atom is -0.383 e. The number of nitrogens with two attached hydrogens (primary N) is 1. The number of rotatable bonds is 2. The lowest BCUT2D eigenvalue weighted by Crippen LogP contribution is -2.07. The normalized spacial score (nSPS) is 10.9. The van der Waals surface area contributed by atoms with E-state index in [9.17, 15) is 0 Å². The van der Waals surface area contributed by atoms with Crippen LogP contribution in [0.1, 0.15) is 31.0 Å². The van der Waals surface area contributed by atoms with Crippen molar-refractivity contribution in [2.24, 2.45) is 0 Å². The van der Waals surface area contributed by atoms with E-state index in [-0.39, 0.29) is 0 Å². The lowest BCUT2D eigenvalue weighted by molar-refractivity contribution is 0.835. The van der Waals surface area contributed by atoms with Crippen molar-refractivity contribution in [2.75, 3.05) is 5.73 Å². The molecule has 0 atom stereocenters. The molecule has 0 unspecified atom stereocenters. The summed E-state index contributed by atoms with van der Waals surface area (Å²) >= 11 is 3.45. The van der Waals surface area contributed by atoms with E-state index >= 15 is 0 Å². The van der Waals surface area contributed by atoms with E-state index in [2.05, 4.69) is 44.7 Å². The monoisotopic (exact) mass is 306 g/mol. The van der Waals surface area contributed by atoms with Crippen LogP contribution in [0.2, 0.25) is 0 Å². The molecule has 0 aliphatic carbocycles. The summed E-state index contributed by atoms with van der Waals surface area (Å²) in [6.07, 6.45) is 1.71. The van der Waals surface area contributed by atoms with Gasteiger partial charge in [-0.2, -0.15) is 0 Å². The van der Waals surface area contributed by atoms with Crippen molar-refractivity contribution in [2.45, 2.75) is 26.7 Å². The zero-order valence-corrected chi connectivity index (χ0v) is 12.2. The Morgan fingerprint density at radius 1 is 1.28 bits per heavy atom. The van der Waals surface area contributed by atoms with Crippen LogP contribution in [0.25, 0.3) is 11.5 Å². The van der Waals surface area contributed by atoms with Crippen LogP contribution in [0.3, 0.4) is 0 Å². The number of nitrogen functional groups attached to an aromatic ring is 1. The fourth-order valence-electron chi connectivity index (χ4n) is 1.97. The maximum Gasteiger partial charge on any atom is 0.181 e. The molecule has 0 fully saturated rings. The van der Waals surface area contributed by atoms with E-state index < -0.39 is 0 Å². The Morgan fingerprint density at radius 2 is 2.00 bits per heavy atom. The molecule has 2 aromatic rings. The summed E-state index contributed by atoms with van der Waals surface area (Å²) in [5.74, 6) is 1.40. The average Bonchev–Trinajstić information content (AvgIpc) is 2.27. The third-order valence-electron chi connectivity index (χ3n) is 2.71. The second-order valence-electron chi connectivity index (χ2n) is 4.42. The smallest absolute Gasteiger partial charge is 0.181 e. The van der Waals surface area contributed by atoms with Crippen LogP contribution in [0.5, 0.6) is 0 Å². The fraction of sp³-hybridized carbons (Fsp3) is 0.308. The summed E-state index contributed by atoms with van der Waals surface area (Å²) in [7, 11) is 0. The van der Waals surface area contributed by atoms with Gasteiger partial charge in [0.05, 0.1) is 0 Å². The highest BCUT2D eigenvalue weighted by Gasteiger charge is 2.15. The Labute approximate surface area is 115 Å². The van der Waals surface area contributed by atoms with Gasteiger partial charge in [0, 0.05) is 21.9 Å². The number of halogens is 1. The standard InChI is InChI=1S/C13H15BrN4/c1-7(2)10-8(3)17-13(18-12(10)15)11-9(14)5-4-6-16-11/h4-7H,1-3H3,(H2,15,17,18). The van der Waals surface area contributed by atoms with Crippen molar-refractivity contribution < 1.29 is 0 Å². The Morgan fingerprint density at radius 3 is 2.56 bits per heavy atom.